The molecule has 44 heavy (non-hydrogen) atoms. The Hall–Kier alpha value is -4.73. The molecule has 0 amide bonds. The minimum absolute atomic E-state index is 0.0433. The third kappa shape index (κ3) is 4.98. The van der Waals surface area contributed by atoms with Gasteiger partial charge in [-0.25, -0.2) is 24.3 Å². The molecule has 1 saturated carbocycles. The quantitative estimate of drug-likeness (QED) is 0.241. The van der Waals surface area contributed by atoms with Crippen LogP contribution in [0.5, 0.6) is 0 Å². The van der Waals surface area contributed by atoms with Crippen LogP contribution < -0.4 is 9.80 Å². The lowest BCUT2D eigenvalue weighted by Gasteiger charge is -2.39. The molecule has 0 spiro atoms. The first-order valence-corrected chi connectivity index (χ1v) is 15.3. The van der Waals surface area contributed by atoms with E-state index in [1.54, 1.807) is 24.5 Å². The van der Waals surface area contributed by atoms with E-state index in [-0.39, 0.29) is 17.5 Å². The number of nitrogens with zero attached hydrogens (tertiary/aromatic N) is 8. The third-order valence-electron chi connectivity index (χ3n) is 8.37. The van der Waals surface area contributed by atoms with Crippen LogP contribution in [0.1, 0.15) is 36.8 Å². The maximum Gasteiger partial charge on any atom is 0.225 e. The number of hydrogen-bond acceptors (Lipinski definition) is 10. The van der Waals surface area contributed by atoms with Gasteiger partial charge in [-0.15, -0.1) is 0 Å². The van der Waals surface area contributed by atoms with Crippen molar-refractivity contribution in [3.05, 3.63) is 71.4 Å². The molecule has 5 aromatic rings. The number of aryl methyl sites for hydroxylation is 1. The largest absolute Gasteiger partial charge is 0.382 e. The maximum absolute atomic E-state index is 13.5. The first-order chi connectivity index (χ1) is 21.3. The molecule has 1 aliphatic heterocycles. The number of pyridine rings is 1. The SMILES string of the molecule is CCc1nc2ccc(-c3cnc(N4CC(CC(=O)C5(O)CC5)C4)nc3)cn2c1N(C)c1nc(-c2ccc(F)cc2)c(C#N)s1. The average molecular weight is 609 g/mol. The van der Waals surface area contributed by atoms with Crippen LogP contribution in [-0.4, -0.2) is 61.0 Å². The zero-order valence-corrected chi connectivity index (χ0v) is 25.1. The van der Waals surface area contributed by atoms with E-state index in [0.29, 0.717) is 66.0 Å². The van der Waals surface area contributed by atoms with Gasteiger partial charge in [0.15, 0.2) is 10.9 Å². The molecular formula is C32H29FN8O2S. The number of benzene rings is 1. The number of hydrogen-bond donors (Lipinski definition) is 1. The number of carbonyl (C=O) groups excluding carboxylic acids is 1. The van der Waals surface area contributed by atoms with Crippen LogP contribution >= 0.6 is 11.3 Å². The number of Topliss-reactive ketones (excluding diaryl/α,β-unsaturated/α-hetero) is 1. The van der Waals surface area contributed by atoms with E-state index in [4.69, 9.17) is 9.97 Å². The molecule has 7 rings (SSSR count). The predicted octanol–water partition coefficient (Wildman–Crippen LogP) is 5.18. The van der Waals surface area contributed by atoms with Gasteiger partial charge in [0.1, 0.15) is 39.5 Å². The first-order valence-electron chi connectivity index (χ1n) is 14.5. The minimum atomic E-state index is -1.06. The van der Waals surface area contributed by atoms with Gasteiger partial charge in [0.05, 0.1) is 5.69 Å². The number of ketones is 1. The lowest BCUT2D eigenvalue weighted by molar-refractivity contribution is -0.130. The Morgan fingerprint density at radius 2 is 1.82 bits per heavy atom. The summed E-state index contributed by atoms with van der Waals surface area (Å²) in [5, 5.41) is 20.5. The van der Waals surface area contributed by atoms with Gasteiger partial charge in [-0.3, -0.25) is 9.20 Å². The fourth-order valence-electron chi connectivity index (χ4n) is 5.61. The summed E-state index contributed by atoms with van der Waals surface area (Å²) in [6.45, 7) is 3.44. The van der Waals surface area contributed by atoms with Gasteiger partial charge < -0.3 is 14.9 Å². The molecule has 1 aromatic carbocycles. The number of aromatic nitrogens is 5. The van der Waals surface area contributed by atoms with E-state index >= 15 is 0 Å². The van der Waals surface area contributed by atoms with Crippen LogP contribution in [0.25, 0.3) is 28.0 Å². The molecule has 10 nitrogen and oxygen atoms in total. The monoisotopic (exact) mass is 608 g/mol. The molecule has 12 heteroatoms. The highest BCUT2D eigenvalue weighted by Crippen LogP contribution is 2.39. The molecule has 1 N–H and O–H groups in total. The summed E-state index contributed by atoms with van der Waals surface area (Å²) >= 11 is 1.28. The number of halogens is 1. The molecule has 0 atom stereocenters. The van der Waals surface area contributed by atoms with Gasteiger partial charge >= 0.3 is 0 Å². The van der Waals surface area contributed by atoms with Crippen LogP contribution in [0, 0.1) is 23.1 Å². The topological polar surface area (TPSA) is 124 Å². The Balaban J connectivity index is 1.13. The molecule has 1 aliphatic carbocycles. The highest BCUT2D eigenvalue weighted by molar-refractivity contribution is 7.16. The number of fused-ring (bicyclic) bond motifs is 1. The molecule has 0 unspecified atom stereocenters. The predicted molar refractivity (Wildman–Crippen MR) is 165 cm³/mol. The summed E-state index contributed by atoms with van der Waals surface area (Å²) in [7, 11) is 1.90. The smallest absolute Gasteiger partial charge is 0.225 e. The van der Waals surface area contributed by atoms with E-state index in [1.165, 1.54) is 23.5 Å². The second-order valence-corrected chi connectivity index (χ2v) is 12.4. The van der Waals surface area contributed by atoms with E-state index in [2.05, 4.69) is 16.0 Å². The molecular weight excluding hydrogens is 579 g/mol. The summed E-state index contributed by atoms with van der Waals surface area (Å²) in [5.74, 6) is 1.28. The molecule has 1 saturated heterocycles. The Kier molecular flexibility index (Phi) is 6.87. The summed E-state index contributed by atoms with van der Waals surface area (Å²) in [4.78, 5) is 35.4. The summed E-state index contributed by atoms with van der Waals surface area (Å²) < 4.78 is 15.5. The van der Waals surface area contributed by atoms with Crippen molar-refractivity contribution in [3.63, 3.8) is 0 Å². The zero-order chi connectivity index (χ0) is 30.6. The number of thiazole rings is 1. The highest BCUT2D eigenvalue weighted by atomic mass is 32.1. The van der Waals surface area contributed by atoms with Crippen molar-refractivity contribution >= 4 is 39.7 Å². The second kappa shape index (κ2) is 10.8. The number of nitriles is 1. The highest BCUT2D eigenvalue weighted by Gasteiger charge is 2.48. The van der Waals surface area contributed by atoms with Crippen molar-refractivity contribution < 1.29 is 14.3 Å². The average Bonchev–Trinajstić information content (AvgIpc) is 3.46. The second-order valence-electron chi connectivity index (χ2n) is 11.4. The molecule has 0 radical (unpaired) electrons. The number of aliphatic hydroxyl groups is 1. The molecule has 5 heterocycles. The number of rotatable bonds is 9. The minimum Gasteiger partial charge on any atom is -0.382 e. The van der Waals surface area contributed by atoms with Crippen molar-refractivity contribution in [1.82, 2.24) is 24.3 Å². The Labute approximate surface area is 257 Å². The fraction of sp³-hybridized carbons (Fsp3) is 0.312. The van der Waals surface area contributed by atoms with Crippen molar-refractivity contribution in [1.29, 1.82) is 5.26 Å². The summed E-state index contributed by atoms with van der Waals surface area (Å²) in [5.41, 5.74) is 3.55. The standard InChI is InChI=1S/C32H29FN8O2S/c1-3-24-29(39(2)31-38-28(25(13-34)44-31)20-4-7-23(33)8-5-20)41-18-21(6-9-27(41)37-24)22-14-35-30(36-15-22)40-16-19(17-40)12-26(42)32(43)10-11-32/h4-9,14-15,18-19,43H,3,10-12,16-17H2,1-2H3. The van der Waals surface area contributed by atoms with Gasteiger partial charge in [0.2, 0.25) is 5.95 Å². The first kappa shape index (κ1) is 28.1. The van der Waals surface area contributed by atoms with Gasteiger partial charge in [-0.05, 0) is 55.7 Å². The van der Waals surface area contributed by atoms with Gasteiger partial charge in [0, 0.05) is 67.8 Å². The lowest BCUT2D eigenvalue weighted by atomic mass is 9.92. The molecule has 4 aromatic heterocycles. The Morgan fingerprint density at radius 1 is 1.11 bits per heavy atom. The summed E-state index contributed by atoms with van der Waals surface area (Å²) in [6, 6.07) is 12.2. The fourth-order valence-corrected chi connectivity index (χ4v) is 6.46. The van der Waals surface area contributed by atoms with E-state index in [9.17, 15) is 19.6 Å². The van der Waals surface area contributed by atoms with Crippen molar-refractivity contribution in [2.45, 2.75) is 38.2 Å². The normalized spacial score (nSPS) is 15.7. The third-order valence-corrected chi connectivity index (χ3v) is 9.40. The Bertz CT molecular complexity index is 1920. The van der Waals surface area contributed by atoms with Gasteiger partial charge in [-0.1, -0.05) is 18.3 Å². The molecule has 2 aliphatic rings. The molecule has 2 fully saturated rings. The van der Waals surface area contributed by atoms with Crippen LogP contribution in [0.15, 0.2) is 55.0 Å². The number of anilines is 3. The van der Waals surface area contributed by atoms with Gasteiger partial charge in [-0.2, -0.15) is 5.26 Å². The lowest BCUT2D eigenvalue weighted by Crippen LogP contribution is -2.49. The number of carbonyl (C=O) groups is 1. The zero-order valence-electron chi connectivity index (χ0n) is 24.2. The van der Waals surface area contributed by atoms with Crippen LogP contribution in [-0.2, 0) is 11.2 Å². The Morgan fingerprint density at radius 3 is 2.48 bits per heavy atom. The number of imidazole rings is 1. The summed E-state index contributed by atoms with van der Waals surface area (Å²) in [6.07, 6.45) is 7.85. The molecule has 222 valence electrons. The molecule has 0 bridgehead atoms. The van der Waals surface area contributed by atoms with Crippen molar-refractivity contribution in [3.8, 4) is 28.5 Å². The van der Waals surface area contributed by atoms with Crippen molar-refractivity contribution in [2.75, 3.05) is 29.9 Å². The maximum atomic E-state index is 13.5. The van der Waals surface area contributed by atoms with Crippen LogP contribution in [0.3, 0.4) is 0 Å². The van der Waals surface area contributed by atoms with Crippen LogP contribution in [0.2, 0.25) is 0 Å². The van der Waals surface area contributed by atoms with E-state index in [0.717, 1.165) is 28.3 Å². The van der Waals surface area contributed by atoms with Gasteiger partial charge in [0.25, 0.3) is 0 Å². The van der Waals surface area contributed by atoms with Crippen LogP contribution in [0.4, 0.5) is 21.3 Å². The van der Waals surface area contributed by atoms with Crippen molar-refractivity contribution in [2.24, 2.45) is 5.92 Å². The van der Waals surface area contributed by atoms with E-state index < -0.39 is 5.60 Å². The van der Waals surface area contributed by atoms with E-state index in [1.807, 2.05) is 46.5 Å².